The molecule has 0 unspecified atom stereocenters. The predicted octanol–water partition coefficient (Wildman–Crippen LogP) is 0.377. The van der Waals surface area contributed by atoms with E-state index in [0.717, 1.165) is 19.6 Å². The second-order valence-corrected chi connectivity index (χ2v) is 5.05. The fraction of sp³-hybridized carbons (Fsp3) is 0.727. The Bertz CT molecular complexity index is 364. The number of aryl methyl sites for hydroxylation is 1. The lowest BCUT2D eigenvalue weighted by Crippen LogP contribution is -2.62. The van der Waals surface area contributed by atoms with Gasteiger partial charge in [0.25, 0.3) is 0 Å². The van der Waals surface area contributed by atoms with Crippen LogP contribution in [-0.2, 0) is 13.6 Å². The highest BCUT2D eigenvalue weighted by atomic mass is 16.3. The third-order valence-corrected chi connectivity index (χ3v) is 3.50. The van der Waals surface area contributed by atoms with E-state index in [1.165, 1.54) is 18.4 Å². The minimum absolute atomic E-state index is 0.359. The third-order valence-electron chi connectivity index (χ3n) is 3.50. The average Bonchev–Trinajstić information content (AvgIpc) is 2.90. The zero-order chi connectivity index (χ0) is 10.5. The normalized spacial score (nSPS) is 25.2. The Kier molecular flexibility index (Phi) is 1.91. The zero-order valence-electron chi connectivity index (χ0n) is 9.06. The molecule has 1 aliphatic heterocycles. The first-order valence-corrected chi connectivity index (χ1v) is 5.58. The number of aromatic nitrogens is 2. The van der Waals surface area contributed by atoms with Crippen molar-refractivity contribution in [1.82, 2.24) is 14.7 Å². The zero-order valence-corrected chi connectivity index (χ0v) is 9.06. The highest BCUT2D eigenvalue weighted by Gasteiger charge is 2.51. The molecule has 1 aliphatic carbocycles. The summed E-state index contributed by atoms with van der Waals surface area (Å²) in [6.07, 6.45) is 6.37. The largest absolute Gasteiger partial charge is 0.387 e. The highest BCUT2D eigenvalue weighted by molar-refractivity contribution is 5.10. The van der Waals surface area contributed by atoms with E-state index in [9.17, 15) is 5.11 Å². The third kappa shape index (κ3) is 1.68. The van der Waals surface area contributed by atoms with Crippen LogP contribution >= 0.6 is 0 Å². The molecule has 82 valence electrons. The molecule has 2 aliphatic rings. The van der Waals surface area contributed by atoms with E-state index in [1.807, 2.05) is 24.1 Å². The van der Waals surface area contributed by atoms with Gasteiger partial charge in [-0.2, -0.15) is 5.10 Å². The van der Waals surface area contributed by atoms with Crippen molar-refractivity contribution in [3.63, 3.8) is 0 Å². The van der Waals surface area contributed by atoms with E-state index < -0.39 is 0 Å². The monoisotopic (exact) mass is 207 g/mol. The standard InChI is InChI=1S/C11H17N3O/c1-13-5-9(4-12-13)6-14-7-11(15,8-14)10-2-3-10/h4-5,10,15H,2-3,6-8H2,1H3. The van der Waals surface area contributed by atoms with Crippen LogP contribution in [0.5, 0.6) is 0 Å². The first-order valence-electron chi connectivity index (χ1n) is 5.58. The molecular formula is C11H17N3O. The quantitative estimate of drug-likeness (QED) is 0.779. The molecule has 1 aromatic rings. The van der Waals surface area contributed by atoms with Crippen LogP contribution < -0.4 is 0 Å². The van der Waals surface area contributed by atoms with E-state index in [4.69, 9.17) is 0 Å². The SMILES string of the molecule is Cn1cc(CN2CC(O)(C3CC3)C2)cn1. The Hall–Kier alpha value is -0.870. The molecule has 1 aromatic heterocycles. The summed E-state index contributed by atoms with van der Waals surface area (Å²) in [6, 6.07) is 0. The van der Waals surface area contributed by atoms with Gasteiger partial charge >= 0.3 is 0 Å². The maximum Gasteiger partial charge on any atom is 0.0928 e. The van der Waals surface area contributed by atoms with Gasteiger partial charge in [-0.15, -0.1) is 0 Å². The molecule has 0 radical (unpaired) electrons. The van der Waals surface area contributed by atoms with Crippen LogP contribution in [0.1, 0.15) is 18.4 Å². The van der Waals surface area contributed by atoms with Gasteiger partial charge in [0.2, 0.25) is 0 Å². The summed E-state index contributed by atoms with van der Waals surface area (Å²) in [7, 11) is 1.93. The highest BCUT2D eigenvalue weighted by Crippen LogP contribution is 2.44. The van der Waals surface area contributed by atoms with Gasteiger partial charge in [-0.25, -0.2) is 0 Å². The molecule has 0 atom stereocenters. The lowest BCUT2D eigenvalue weighted by atomic mass is 9.88. The van der Waals surface area contributed by atoms with Gasteiger partial charge in [0.05, 0.1) is 11.8 Å². The van der Waals surface area contributed by atoms with Gasteiger partial charge in [0.15, 0.2) is 0 Å². The minimum atomic E-state index is -0.359. The number of hydrogen-bond acceptors (Lipinski definition) is 3. The van der Waals surface area contributed by atoms with Crippen molar-refractivity contribution in [1.29, 1.82) is 0 Å². The molecule has 0 spiro atoms. The lowest BCUT2D eigenvalue weighted by Gasteiger charge is -2.47. The topological polar surface area (TPSA) is 41.3 Å². The molecule has 0 amide bonds. The predicted molar refractivity (Wildman–Crippen MR) is 56.2 cm³/mol. The van der Waals surface area contributed by atoms with E-state index in [1.54, 1.807) is 0 Å². The van der Waals surface area contributed by atoms with Crippen LogP contribution in [0.4, 0.5) is 0 Å². The second-order valence-electron chi connectivity index (χ2n) is 5.05. The van der Waals surface area contributed by atoms with Gasteiger partial charge in [-0.1, -0.05) is 0 Å². The van der Waals surface area contributed by atoms with Crippen molar-refractivity contribution >= 4 is 0 Å². The van der Waals surface area contributed by atoms with E-state index >= 15 is 0 Å². The summed E-state index contributed by atoms with van der Waals surface area (Å²) in [5, 5.41) is 14.3. The Morgan fingerprint density at radius 2 is 2.27 bits per heavy atom. The van der Waals surface area contributed by atoms with Crippen LogP contribution in [0.25, 0.3) is 0 Å². The Morgan fingerprint density at radius 3 is 2.80 bits per heavy atom. The number of likely N-dealkylation sites (tertiary alicyclic amines) is 1. The molecule has 4 nitrogen and oxygen atoms in total. The van der Waals surface area contributed by atoms with Gasteiger partial charge < -0.3 is 5.11 Å². The molecular weight excluding hydrogens is 190 g/mol. The Balaban J connectivity index is 1.55. The van der Waals surface area contributed by atoms with E-state index in [2.05, 4.69) is 10.00 Å². The Morgan fingerprint density at radius 1 is 1.53 bits per heavy atom. The van der Waals surface area contributed by atoms with Crippen LogP contribution in [0.2, 0.25) is 0 Å². The first kappa shape index (κ1) is 9.36. The molecule has 0 aromatic carbocycles. The van der Waals surface area contributed by atoms with Crippen molar-refractivity contribution in [2.45, 2.75) is 25.0 Å². The van der Waals surface area contributed by atoms with Gasteiger partial charge in [-0.3, -0.25) is 9.58 Å². The minimum Gasteiger partial charge on any atom is -0.387 e. The second kappa shape index (κ2) is 3.06. The molecule has 3 rings (SSSR count). The van der Waals surface area contributed by atoms with Crippen LogP contribution in [0.3, 0.4) is 0 Å². The van der Waals surface area contributed by atoms with Crippen molar-refractivity contribution in [3.05, 3.63) is 18.0 Å². The van der Waals surface area contributed by atoms with E-state index in [0.29, 0.717) is 5.92 Å². The summed E-state index contributed by atoms with van der Waals surface area (Å²) in [4.78, 5) is 2.29. The maximum absolute atomic E-state index is 10.1. The number of hydrogen-bond donors (Lipinski definition) is 1. The molecule has 1 N–H and O–H groups in total. The summed E-state index contributed by atoms with van der Waals surface area (Å²) < 4.78 is 1.82. The van der Waals surface area contributed by atoms with Crippen molar-refractivity contribution in [2.24, 2.45) is 13.0 Å². The molecule has 1 saturated carbocycles. The summed E-state index contributed by atoms with van der Waals surface area (Å²) in [6.45, 7) is 2.60. The van der Waals surface area contributed by atoms with Crippen molar-refractivity contribution in [3.8, 4) is 0 Å². The Labute approximate surface area is 89.5 Å². The van der Waals surface area contributed by atoms with Gasteiger partial charge in [0.1, 0.15) is 0 Å². The smallest absolute Gasteiger partial charge is 0.0928 e. The fourth-order valence-corrected chi connectivity index (χ4v) is 2.53. The number of aliphatic hydroxyl groups is 1. The number of β-amino-alcohol motifs (C(OH)–C–C–N with tert-alkyl or cyclic N) is 1. The van der Waals surface area contributed by atoms with Crippen LogP contribution in [0.15, 0.2) is 12.4 Å². The molecule has 4 heteroatoms. The van der Waals surface area contributed by atoms with Crippen molar-refractivity contribution < 1.29 is 5.11 Å². The molecule has 0 bridgehead atoms. The maximum atomic E-state index is 10.1. The van der Waals surface area contributed by atoms with Crippen molar-refractivity contribution in [2.75, 3.05) is 13.1 Å². The van der Waals surface area contributed by atoms with Gasteiger partial charge in [-0.05, 0) is 18.8 Å². The van der Waals surface area contributed by atoms with Crippen LogP contribution in [-0.4, -0.2) is 38.5 Å². The van der Waals surface area contributed by atoms with Gasteiger partial charge in [0, 0.05) is 38.4 Å². The first-order chi connectivity index (χ1) is 7.16. The average molecular weight is 207 g/mol. The lowest BCUT2D eigenvalue weighted by molar-refractivity contribution is -0.116. The molecule has 1 saturated heterocycles. The van der Waals surface area contributed by atoms with Crippen LogP contribution in [0, 0.1) is 5.92 Å². The molecule has 2 fully saturated rings. The van der Waals surface area contributed by atoms with E-state index in [-0.39, 0.29) is 5.60 Å². The molecule has 15 heavy (non-hydrogen) atoms. The summed E-state index contributed by atoms with van der Waals surface area (Å²) in [5.41, 5.74) is 0.873. The fourth-order valence-electron chi connectivity index (χ4n) is 2.53. The molecule has 2 heterocycles. The summed E-state index contributed by atoms with van der Waals surface area (Å²) >= 11 is 0. The number of rotatable bonds is 3. The number of nitrogens with zero attached hydrogens (tertiary/aromatic N) is 3. The summed E-state index contributed by atoms with van der Waals surface area (Å²) in [5.74, 6) is 0.586.